The Labute approximate surface area is 194 Å². The van der Waals surface area contributed by atoms with Crippen LogP contribution >= 0.6 is 0 Å². The van der Waals surface area contributed by atoms with Gasteiger partial charge in [-0.2, -0.15) is 0 Å². The molecule has 6 nitrogen and oxygen atoms in total. The van der Waals surface area contributed by atoms with Crippen molar-refractivity contribution < 1.29 is 28.5 Å². The van der Waals surface area contributed by atoms with E-state index < -0.39 is 11.9 Å². The summed E-state index contributed by atoms with van der Waals surface area (Å²) in [5.41, 5.74) is 1.25. The monoisotopic (exact) mass is 448 g/mol. The highest BCUT2D eigenvalue weighted by Gasteiger charge is 2.19. The molecule has 0 N–H and O–H groups in total. The maximum atomic E-state index is 12.2. The standard InChI is InChI=1S/C27H28O6/c1-27(2,3)23-11-7-8-12-24(23)32-19-25(28)33-22-15-13-20(14-16-22)26(29)31-18-17-30-21-9-5-4-6-10-21/h4-16H,17-19H2,1-3H3. The van der Waals surface area contributed by atoms with Crippen molar-refractivity contribution in [3.63, 3.8) is 0 Å². The van der Waals surface area contributed by atoms with Gasteiger partial charge in [0.25, 0.3) is 0 Å². The summed E-state index contributed by atoms with van der Waals surface area (Å²) in [4.78, 5) is 24.4. The van der Waals surface area contributed by atoms with Crippen molar-refractivity contribution >= 4 is 11.9 Å². The summed E-state index contributed by atoms with van der Waals surface area (Å²) in [6.45, 7) is 6.39. The first-order valence-electron chi connectivity index (χ1n) is 10.7. The Balaban J connectivity index is 1.44. The van der Waals surface area contributed by atoms with Crippen LogP contribution in [0.5, 0.6) is 17.2 Å². The molecule has 6 heteroatoms. The summed E-state index contributed by atoms with van der Waals surface area (Å²) >= 11 is 0. The summed E-state index contributed by atoms with van der Waals surface area (Å²) < 4.78 is 21.7. The molecule has 0 bridgehead atoms. The van der Waals surface area contributed by atoms with E-state index in [-0.39, 0.29) is 25.2 Å². The van der Waals surface area contributed by atoms with E-state index >= 15 is 0 Å². The lowest BCUT2D eigenvalue weighted by Crippen LogP contribution is -2.20. The average molecular weight is 449 g/mol. The first-order chi connectivity index (χ1) is 15.8. The van der Waals surface area contributed by atoms with Gasteiger partial charge in [-0.15, -0.1) is 0 Å². The van der Waals surface area contributed by atoms with Crippen LogP contribution in [-0.2, 0) is 14.9 Å². The number of ether oxygens (including phenoxy) is 4. The fourth-order valence-electron chi connectivity index (χ4n) is 3.06. The van der Waals surface area contributed by atoms with Crippen molar-refractivity contribution in [1.82, 2.24) is 0 Å². The summed E-state index contributed by atoms with van der Waals surface area (Å²) in [6, 6.07) is 23.1. The number of para-hydroxylation sites is 2. The van der Waals surface area contributed by atoms with E-state index in [4.69, 9.17) is 18.9 Å². The van der Waals surface area contributed by atoms with Crippen LogP contribution in [0.15, 0.2) is 78.9 Å². The second-order valence-corrected chi connectivity index (χ2v) is 8.33. The number of carbonyl (C=O) groups excluding carboxylic acids is 2. The van der Waals surface area contributed by atoms with E-state index in [1.54, 1.807) is 12.1 Å². The van der Waals surface area contributed by atoms with Crippen molar-refractivity contribution in [2.45, 2.75) is 26.2 Å². The van der Waals surface area contributed by atoms with E-state index in [0.717, 1.165) is 5.56 Å². The summed E-state index contributed by atoms with van der Waals surface area (Å²) in [6.07, 6.45) is 0. The molecule has 0 aliphatic carbocycles. The van der Waals surface area contributed by atoms with Gasteiger partial charge in [0.05, 0.1) is 5.56 Å². The molecule has 0 unspecified atom stereocenters. The maximum Gasteiger partial charge on any atom is 0.349 e. The minimum atomic E-state index is -0.535. The molecule has 0 saturated heterocycles. The van der Waals surface area contributed by atoms with Crippen LogP contribution in [0.1, 0.15) is 36.7 Å². The quantitative estimate of drug-likeness (QED) is 0.254. The molecule has 0 atom stereocenters. The zero-order valence-corrected chi connectivity index (χ0v) is 19.1. The fourth-order valence-corrected chi connectivity index (χ4v) is 3.06. The second-order valence-electron chi connectivity index (χ2n) is 8.33. The predicted molar refractivity (Wildman–Crippen MR) is 125 cm³/mol. The molecule has 172 valence electrons. The summed E-state index contributed by atoms with van der Waals surface area (Å²) in [7, 11) is 0. The van der Waals surface area contributed by atoms with Gasteiger partial charge in [-0.1, -0.05) is 57.2 Å². The lowest BCUT2D eigenvalue weighted by molar-refractivity contribution is -0.136. The molecule has 0 saturated carbocycles. The molecule has 33 heavy (non-hydrogen) atoms. The largest absolute Gasteiger partial charge is 0.490 e. The summed E-state index contributed by atoms with van der Waals surface area (Å²) in [5, 5.41) is 0. The predicted octanol–water partition coefficient (Wildman–Crippen LogP) is 5.20. The van der Waals surface area contributed by atoms with Crippen LogP contribution in [0.2, 0.25) is 0 Å². The molecule has 0 heterocycles. The van der Waals surface area contributed by atoms with E-state index in [1.165, 1.54) is 12.1 Å². The van der Waals surface area contributed by atoms with Gasteiger partial charge in [0.1, 0.15) is 30.5 Å². The third-order valence-electron chi connectivity index (χ3n) is 4.69. The van der Waals surface area contributed by atoms with Gasteiger partial charge >= 0.3 is 11.9 Å². The zero-order valence-electron chi connectivity index (χ0n) is 19.1. The van der Waals surface area contributed by atoms with Gasteiger partial charge in [-0.05, 0) is 53.4 Å². The number of hydrogen-bond acceptors (Lipinski definition) is 6. The Morgan fingerprint density at radius 1 is 0.727 bits per heavy atom. The minimum absolute atomic E-state index is 0.112. The van der Waals surface area contributed by atoms with Crippen LogP contribution < -0.4 is 14.2 Å². The molecule has 0 amide bonds. The zero-order chi connectivity index (χ0) is 23.7. The van der Waals surface area contributed by atoms with Gasteiger partial charge in [0.2, 0.25) is 0 Å². The van der Waals surface area contributed by atoms with Gasteiger partial charge in [0, 0.05) is 0 Å². The van der Waals surface area contributed by atoms with Crippen molar-refractivity contribution in [2.75, 3.05) is 19.8 Å². The first kappa shape index (κ1) is 23.9. The third-order valence-corrected chi connectivity index (χ3v) is 4.69. The molecule has 0 fully saturated rings. The van der Waals surface area contributed by atoms with E-state index in [0.29, 0.717) is 22.8 Å². The van der Waals surface area contributed by atoms with Crippen LogP contribution in [0.4, 0.5) is 0 Å². The lowest BCUT2D eigenvalue weighted by Gasteiger charge is -2.22. The van der Waals surface area contributed by atoms with Crippen molar-refractivity contribution in [2.24, 2.45) is 0 Å². The van der Waals surface area contributed by atoms with Crippen molar-refractivity contribution in [3.8, 4) is 17.2 Å². The third kappa shape index (κ3) is 7.38. The van der Waals surface area contributed by atoms with E-state index in [9.17, 15) is 9.59 Å². The molecule has 0 radical (unpaired) electrons. The van der Waals surface area contributed by atoms with Crippen LogP contribution in [0, 0.1) is 0 Å². The lowest BCUT2D eigenvalue weighted by atomic mass is 9.86. The first-order valence-corrected chi connectivity index (χ1v) is 10.7. The molecular weight excluding hydrogens is 420 g/mol. The smallest absolute Gasteiger partial charge is 0.349 e. The Hall–Kier alpha value is -3.80. The Bertz CT molecular complexity index is 1050. The van der Waals surface area contributed by atoms with Gasteiger partial charge in [0.15, 0.2) is 6.61 Å². The van der Waals surface area contributed by atoms with Gasteiger partial charge in [-0.3, -0.25) is 0 Å². The second kappa shape index (κ2) is 11.2. The minimum Gasteiger partial charge on any atom is -0.490 e. The SMILES string of the molecule is CC(C)(C)c1ccccc1OCC(=O)Oc1ccc(C(=O)OCCOc2ccccc2)cc1. The number of hydrogen-bond donors (Lipinski definition) is 0. The Morgan fingerprint density at radius 3 is 2.09 bits per heavy atom. The van der Waals surface area contributed by atoms with Crippen LogP contribution in [0.25, 0.3) is 0 Å². The Kier molecular flexibility index (Phi) is 8.08. The van der Waals surface area contributed by atoms with E-state index in [2.05, 4.69) is 20.8 Å². The highest BCUT2D eigenvalue weighted by molar-refractivity contribution is 5.89. The average Bonchev–Trinajstić information content (AvgIpc) is 2.81. The molecule has 0 aromatic heterocycles. The van der Waals surface area contributed by atoms with Gasteiger partial charge < -0.3 is 18.9 Å². The number of esters is 2. The van der Waals surface area contributed by atoms with Crippen LogP contribution in [-0.4, -0.2) is 31.8 Å². The molecule has 0 spiro atoms. The number of carbonyl (C=O) groups is 2. The molecular formula is C27H28O6. The van der Waals surface area contributed by atoms with E-state index in [1.807, 2.05) is 54.6 Å². The Morgan fingerprint density at radius 2 is 1.39 bits per heavy atom. The molecule has 0 aliphatic rings. The highest BCUT2D eigenvalue weighted by Crippen LogP contribution is 2.30. The molecule has 0 aliphatic heterocycles. The van der Waals surface area contributed by atoms with Crippen molar-refractivity contribution in [3.05, 3.63) is 90.0 Å². The highest BCUT2D eigenvalue weighted by atomic mass is 16.6. The number of benzene rings is 3. The summed E-state index contributed by atoms with van der Waals surface area (Å²) in [5.74, 6) is 0.664. The fraction of sp³-hybridized carbons (Fsp3) is 0.259. The maximum absolute atomic E-state index is 12.2. The molecule has 3 aromatic carbocycles. The van der Waals surface area contributed by atoms with Crippen LogP contribution in [0.3, 0.4) is 0 Å². The van der Waals surface area contributed by atoms with Crippen molar-refractivity contribution in [1.29, 1.82) is 0 Å². The number of rotatable bonds is 9. The topological polar surface area (TPSA) is 71.1 Å². The molecule has 3 rings (SSSR count). The molecule has 3 aromatic rings. The van der Waals surface area contributed by atoms with Gasteiger partial charge in [-0.25, -0.2) is 9.59 Å². The normalized spacial score (nSPS) is 10.9.